The predicted molar refractivity (Wildman–Crippen MR) is 54.0 cm³/mol. The van der Waals surface area contributed by atoms with Gasteiger partial charge in [-0.15, -0.1) is 0 Å². The minimum absolute atomic E-state index is 0.102. The maximum absolute atomic E-state index is 11.4. The highest BCUT2D eigenvalue weighted by molar-refractivity contribution is 5.80. The van der Waals surface area contributed by atoms with Crippen LogP contribution in [0.25, 0.3) is 0 Å². The topological polar surface area (TPSA) is 42.0 Å². The molecule has 1 aliphatic rings. The lowest BCUT2D eigenvalue weighted by atomic mass is 9.90. The number of Topliss-reactive ketones (excluding diaryl/α,β-unsaturated/α-hetero) is 1. The van der Waals surface area contributed by atoms with Crippen LogP contribution in [-0.2, 0) is 4.79 Å². The van der Waals surface area contributed by atoms with Gasteiger partial charge in [-0.3, -0.25) is 9.78 Å². The molecule has 2 atom stereocenters. The van der Waals surface area contributed by atoms with Crippen molar-refractivity contribution in [3.05, 3.63) is 30.1 Å². The van der Waals surface area contributed by atoms with E-state index in [2.05, 4.69) is 10.3 Å². The van der Waals surface area contributed by atoms with Gasteiger partial charge in [0.25, 0.3) is 0 Å². The Kier molecular flexibility index (Phi) is 2.59. The summed E-state index contributed by atoms with van der Waals surface area (Å²) in [6.07, 6.45) is 1.78. The standard InChI is InChI=1S/C11H14N2O/c1-8(14)9-6-12-7-10(9)11-4-2-3-5-13-11/h2-5,9-10,12H,6-7H2,1H3/t9-,10+/m0/s1. The number of hydrogen-bond donors (Lipinski definition) is 1. The van der Waals surface area contributed by atoms with Crippen LogP contribution in [0.1, 0.15) is 18.5 Å². The van der Waals surface area contributed by atoms with Gasteiger partial charge in [0.2, 0.25) is 0 Å². The van der Waals surface area contributed by atoms with Crippen LogP contribution in [0.15, 0.2) is 24.4 Å². The van der Waals surface area contributed by atoms with E-state index >= 15 is 0 Å². The number of ketones is 1. The quantitative estimate of drug-likeness (QED) is 0.755. The van der Waals surface area contributed by atoms with Gasteiger partial charge in [0.1, 0.15) is 5.78 Å². The van der Waals surface area contributed by atoms with Gasteiger partial charge in [0.15, 0.2) is 0 Å². The highest BCUT2D eigenvalue weighted by atomic mass is 16.1. The predicted octanol–water partition coefficient (Wildman–Crippen LogP) is 0.974. The second-order valence-electron chi connectivity index (χ2n) is 3.74. The highest BCUT2D eigenvalue weighted by Gasteiger charge is 2.32. The number of nitrogens with one attached hydrogen (secondary N) is 1. The minimum atomic E-state index is 0.102. The van der Waals surface area contributed by atoms with Crippen molar-refractivity contribution in [2.24, 2.45) is 5.92 Å². The van der Waals surface area contributed by atoms with Crippen molar-refractivity contribution < 1.29 is 4.79 Å². The molecular formula is C11H14N2O. The Hall–Kier alpha value is -1.22. The minimum Gasteiger partial charge on any atom is -0.315 e. The zero-order valence-electron chi connectivity index (χ0n) is 8.23. The molecule has 0 bridgehead atoms. The Bertz CT molecular complexity index is 323. The second-order valence-corrected chi connectivity index (χ2v) is 3.74. The number of pyridine rings is 1. The summed E-state index contributed by atoms with van der Waals surface area (Å²) >= 11 is 0. The van der Waals surface area contributed by atoms with Crippen molar-refractivity contribution >= 4 is 5.78 Å². The number of hydrogen-bond acceptors (Lipinski definition) is 3. The molecule has 0 aliphatic carbocycles. The van der Waals surface area contributed by atoms with Crippen LogP contribution < -0.4 is 5.32 Å². The van der Waals surface area contributed by atoms with Crippen LogP contribution in [0, 0.1) is 5.92 Å². The summed E-state index contributed by atoms with van der Waals surface area (Å²) in [4.78, 5) is 15.7. The molecule has 0 radical (unpaired) electrons. The molecule has 1 fully saturated rings. The average molecular weight is 190 g/mol. The number of carbonyl (C=O) groups excluding carboxylic acids is 1. The van der Waals surface area contributed by atoms with Crippen molar-refractivity contribution in [2.75, 3.05) is 13.1 Å². The van der Waals surface area contributed by atoms with Gasteiger partial charge < -0.3 is 5.32 Å². The van der Waals surface area contributed by atoms with E-state index in [1.165, 1.54) is 0 Å². The van der Waals surface area contributed by atoms with Gasteiger partial charge in [-0.2, -0.15) is 0 Å². The fraction of sp³-hybridized carbons (Fsp3) is 0.455. The van der Waals surface area contributed by atoms with Crippen LogP contribution in [0.4, 0.5) is 0 Å². The number of aromatic nitrogens is 1. The maximum Gasteiger partial charge on any atom is 0.134 e. The van der Waals surface area contributed by atoms with E-state index in [1.807, 2.05) is 18.2 Å². The molecule has 1 saturated heterocycles. The summed E-state index contributed by atoms with van der Waals surface area (Å²) in [7, 11) is 0. The molecule has 1 aromatic rings. The molecule has 3 nitrogen and oxygen atoms in total. The van der Waals surface area contributed by atoms with E-state index in [9.17, 15) is 4.79 Å². The molecule has 0 amide bonds. The Balaban J connectivity index is 2.22. The zero-order chi connectivity index (χ0) is 9.97. The first-order chi connectivity index (χ1) is 6.79. The van der Waals surface area contributed by atoms with Crippen molar-refractivity contribution in [3.8, 4) is 0 Å². The summed E-state index contributed by atoms with van der Waals surface area (Å²) in [5, 5.41) is 3.24. The van der Waals surface area contributed by atoms with Gasteiger partial charge in [0.05, 0.1) is 0 Å². The van der Waals surface area contributed by atoms with Crippen molar-refractivity contribution in [1.29, 1.82) is 0 Å². The molecule has 0 aromatic carbocycles. The van der Waals surface area contributed by atoms with Crippen LogP contribution in [-0.4, -0.2) is 23.9 Å². The zero-order valence-corrected chi connectivity index (χ0v) is 8.23. The lowest BCUT2D eigenvalue weighted by molar-refractivity contribution is -0.120. The normalized spacial score (nSPS) is 26.4. The molecule has 0 spiro atoms. The SMILES string of the molecule is CC(=O)[C@@H]1CNC[C@H]1c1ccccn1. The van der Waals surface area contributed by atoms with Crippen molar-refractivity contribution in [1.82, 2.24) is 10.3 Å². The first-order valence-electron chi connectivity index (χ1n) is 4.91. The van der Waals surface area contributed by atoms with Crippen LogP contribution in [0.5, 0.6) is 0 Å². The summed E-state index contributed by atoms with van der Waals surface area (Å²) in [5.41, 5.74) is 1.03. The van der Waals surface area contributed by atoms with E-state index in [1.54, 1.807) is 13.1 Å². The monoisotopic (exact) mass is 190 g/mol. The van der Waals surface area contributed by atoms with E-state index in [0.29, 0.717) is 0 Å². The van der Waals surface area contributed by atoms with Gasteiger partial charge >= 0.3 is 0 Å². The molecule has 2 heterocycles. The molecule has 2 rings (SSSR count). The Morgan fingerprint density at radius 3 is 3.00 bits per heavy atom. The Labute approximate surface area is 83.5 Å². The van der Waals surface area contributed by atoms with Crippen LogP contribution in [0.3, 0.4) is 0 Å². The van der Waals surface area contributed by atoms with Gasteiger partial charge in [0, 0.05) is 36.8 Å². The number of rotatable bonds is 2. The third-order valence-electron chi connectivity index (χ3n) is 2.80. The van der Waals surface area contributed by atoms with E-state index in [4.69, 9.17) is 0 Å². The Morgan fingerprint density at radius 2 is 2.36 bits per heavy atom. The van der Waals surface area contributed by atoms with E-state index < -0.39 is 0 Å². The summed E-state index contributed by atoms with van der Waals surface area (Å²) < 4.78 is 0. The van der Waals surface area contributed by atoms with Crippen LogP contribution >= 0.6 is 0 Å². The molecule has 1 aliphatic heterocycles. The summed E-state index contributed by atoms with van der Waals surface area (Å²) in [6, 6.07) is 5.86. The molecule has 1 N–H and O–H groups in total. The lowest BCUT2D eigenvalue weighted by Gasteiger charge is -2.14. The van der Waals surface area contributed by atoms with E-state index in [0.717, 1.165) is 18.8 Å². The number of carbonyl (C=O) groups is 1. The fourth-order valence-electron chi connectivity index (χ4n) is 2.01. The molecule has 0 saturated carbocycles. The van der Waals surface area contributed by atoms with Gasteiger partial charge in [-0.1, -0.05) is 6.07 Å². The van der Waals surface area contributed by atoms with Crippen LogP contribution in [0.2, 0.25) is 0 Å². The fourth-order valence-corrected chi connectivity index (χ4v) is 2.01. The summed E-state index contributed by atoms with van der Waals surface area (Å²) in [6.45, 7) is 3.31. The second kappa shape index (κ2) is 3.88. The molecule has 14 heavy (non-hydrogen) atoms. The molecule has 3 heteroatoms. The average Bonchev–Trinajstić information content (AvgIpc) is 2.67. The summed E-state index contributed by atoms with van der Waals surface area (Å²) in [5.74, 6) is 0.615. The Morgan fingerprint density at radius 1 is 1.50 bits per heavy atom. The molecule has 1 aromatic heterocycles. The third kappa shape index (κ3) is 1.68. The first kappa shape index (κ1) is 9.34. The first-order valence-corrected chi connectivity index (χ1v) is 4.91. The molecule has 0 unspecified atom stereocenters. The van der Waals surface area contributed by atoms with Gasteiger partial charge in [-0.25, -0.2) is 0 Å². The highest BCUT2D eigenvalue weighted by Crippen LogP contribution is 2.26. The van der Waals surface area contributed by atoms with Crippen molar-refractivity contribution in [2.45, 2.75) is 12.8 Å². The lowest BCUT2D eigenvalue weighted by Crippen LogP contribution is -2.19. The van der Waals surface area contributed by atoms with E-state index in [-0.39, 0.29) is 17.6 Å². The van der Waals surface area contributed by atoms with Gasteiger partial charge in [-0.05, 0) is 19.1 Å². The molecule has 74 valence electrons. The smallest absolute Gasteiger partial charge is 0.134 e. The maximum atomic E-state index is 11.4. The van der Waals surface area contributed by atoms with Crippen molar-refractivity contribution in [3.63, 3.8) is 0 Å². The third-order valence-corrected chi connectivity index (χ3v) is 2.80. The largest absolute Gasteiger partial charge is 0.315 e. The molecular weight excluding hydrogens is 176 g/mol. The number of nitrogens with zero attached hydrogens (tertiary/aromatic N) is 1.